The van der Waals surface area contributed by atoms with Crippen LogP contribution in [0.2, 0.25) is 0 Å². The summed E-state index contributed by atoms with van der Waals surface area (Å²) in [6.07, 6.45) is 0. The van der Waals surface area contributed by atoms with Crippen molar-refractivity contribution in [1.29, 1.82) is 0 Å². The fourth-order valence-corrected chi connectivity index (χ4v) is 5.60. The van der Waals surface area contributed by atoms with Gasteiger partial charge in [-0.3, -0.25) is 9.69 Å². The molecule has 5 rings (SSSR count). The molecule has 218 valence electrons. The molecule has 1 N–H and O–H groups in total. The van der Waals surface area contributed by atoms with Crippen LogP contribution >= 0.6 is 11.8 Å². The number of hydrogen-bond acceptors (Lipinski definition) is 10. The maximum absolute atomic E-state index is 12.6. The Morgan fingerprint density at radius 1 is 1.02 bits per heavy atom. The van der Waals surface area contributed by atoms with E-state index in [4.69, 9.17) is 24.2 Å². The maximum Gasteiger partial charge on any atom is 0.251 e. The van der Waals surface area contributed by atoms with Gasteiger partial charge in [0.2, 0.25) is 6.79 Å². The van der Waals surface area contributed by atoms with E-state index in [-0.39, 0.29) is 5.91 Å². The summed E-state index contributed by atoms with van der Waals surface area (Å²) in [5.41, 5.74) is 3.79. The van der Waals surface area contributed by atoms with Crippen molar-refractivity contribution < 1.29 is 19.0 Å². The molecule has 0 radical (unpaired) electrons. The minimum atomic E-state index is -0.0583. The standard InChI is InChI=1S/C30H38N6O4S/c1-34(2)10-9-31-29(37)24-6-4-5-23(15-24)20-41-30-32-25(19-38-3)17-28(33-30)36-13-11-35(12-14-36)18-22-7-8-26-27(16-22)40-21-39-26/h4-8,15-17H,9-14,18-21H2,1-3H3,(H,31,37). The van der Waals surface area contributed by atoms with E-state index < -0.39 is 0 Å². The molecule has 11 heteroatoms. The summed E-state index contributed by atoms with van der Waals surface area (Å²) < 4.78 is 16.4. The second kappa shape index (κ2) is 14.0. The minimum absolute atomic E-state index is 0.0583. The Morgan fingerprint density at radius 2 is 1.85 bits per heavy atom. The number of carbonyl (C=O) groups excluding carboxylic acids is 1. The SMILES string of the molecule is COCc1cc(N2CCN(Cc3ccc4c(c3)OCO4)CC2)nc(SCc2cccc(C(=O)NCCN(C)C)c2)n1. The first kappa shape index (κ1) is 29.1. The first-order chi connectivity index (χ1) is 20.0. The zero-order chi connectivity index (χ0) is 28.6. The molecule has 0 atom stereocenters. The molecule has 0 unspecified atom stereocenters. The Morgan fingerprint density at radius 3 is 2.66 bits per heavy atom. The number of hydrogen-bond donors (Lipinski definition) is 1. The molecule has 1 aromatic heterocycles. The normalized spacial score (nSPS) is 15.0. The highest BCUT2D eigenvalue weighted by Crippen LogP contribution is 2.33. The first-order valence-corrected chi connectivity index (χ1v) is 14.8. The smallest absolute Gasteiger partial charge is 0.251 e. The second-order valence-electron chi connectivity index (χ2n) is 10.4. The van der Waals surface area contributed by atoms with Crippen LogP contribution in [0.15, 0.2) is 53.7 Å². The molecule has 10 nitrogen and oxygen atoms in total. The number of nitrogens with one attached hydrogen (secondary N) is 1. The number of fused-ring (bicyclic) bond motifs is 1. The van der Waals surface area contributed by atoms with E-state index >= 15 is 0 Å². The van der Waals surface area contributed by atoms with Gasteiger partial charge in [0.25, 0.3) is 5.91 Å². The van der Waals surface area contributed by atoms with E-state index in [0.717, 1.165) is 67.8 Å². The van der Waals surface area contributed by atoms with Crippen LogP contribution in [0.4, 0.5) is 5.82 Å². The van der Waals surface area contributed by atoms with Crippen LogP contribution in [-0.2, 0) is 23.6 Å². The third-order valence-corrected chi connectivity index (χ3v) is 7.90. The number of methoxy groups -OCH3 is 1. The van der Waals surface area contributed by atoms with Gasteiger partial charge in [-0.15, -0.1) is 0 Å². The summed E-state index contributed by atoms with van der Waals surface area (Å²) >= 11 is 1.57. The number of thioether (sulfide) groups is 1. The van der Waals surface area contributed by atoms with Crippen molar-refractivity contribution >= 4 is 23.5 Å². The highest BCUT2D eigenvalue weighted by molar-refractivity contribution is 7.98. The van der Waals surface area contributed by atoms with Gasteiger partial charge in [-0.25, -0.2) is 9.97 Å². The number of carbonyl (C=O) groups is 1. The molecule has 0 bridgehead atoms. The largest absolute Gasteiger partial charge is 0.454 e. The number of rotatable bonds is 12. The third kappa shape index (κ3) is 8.10. The van der Waals surface area contributed by atoms with Crippen LogP contribution in [0.25, 0.3) is 0 Å². The zero-order valence-corrected chi connectivity index (χ0v) is 24.8. The topological polar surface area (TPSA) is 92.3 Å². The number of ether oxygens (including phenoxy) is 3. The number of benzene rings is 2. The summed E-state index contributed by atoms with van der Waals surface area (Å²) in [6, 6.07) is 15.9. The van der Waals surface area contributed by atoms with Gasteiger partial charge >= 0.3 is 0 Å². The first-order valence-electron chi connectivity index (χ1n) is 13.8. The lowest BCUT2D eigenvalue weighted by atomic mass is 10.1. The lowest BCUT2D eigenvalue weighted by Crippen LogP contribution is -2.46. The van der Waals surface area contributed by atoms with Gasteiger partial charge in [-0.05, 0) is 49.5 Å². The molecule has 0 saturated carbocycles. The molecule has 2 aromatic carbocycles. The van der Waals surface area contributed by atoms with E-state index in [9.17, 15) is 4.79 Å². The van der Waals surface area contributed by atoms with E-state index in [2.05, 4.69) is 27.2 Å². The van der Waals surface area contributed by atoms with Crippen LogP contribution in [-0.4, -0.2) is 92.9 Å². The summed E-state index contributed by atoms with van der Waals surface area (Å²) in [5.74, 6) is 3.17. The third-order valence-electron chi connectivity index (χ3n) is 6.98. The molecule has 3 aromatic rings. The molecule has 1 saturated heterocycles. The molecule has 3 heterocycles. The molecular weight excluding hydrogens is 540 g/mol. The predicted octanol–water partition coefficient (Wildman–Crippen LogP) is 3.26. The van der Waals surface area contributed by atoms with E-state index in [1.54, 1.807) is 18.9 Å². The van der Waals surface area contributed by atoms with Crippen LogP contribution in [0, 0.1) is 0 Å². The second-order valence-corrected chi connectivity index (χ2v) is 11.4. The van der Waals surface area contributed by atoms with Crippen molar-refractivity contribution in [2.75, 3.05) is 72.2 Å². The fraction of sp³-hybridized carbons (Fsp3) is 0.433. The van der Waals surface area contributed by atoms with Gasteiger partial charge in [0.1, 0.15) is 5.82 Å². The molecule has 41 heavy (non-hydrogen) atoms. The molecular formula is C30H38N6O4S. The number of nitrogens with zero attached hydrogens (tertiary/aromatic N) is 5. The van der Waals surface area contributed by atoms with Crippen molar-refractivity contribution in [2.45, 2.75) is 24.1 Å². The number of aromatic nitrogens is 2. The monoisotopic (exact) mass is 578 g/mol. The van der Waals surface area contributed by atoms with Gasteiger partial charge in [-0.1, -0.05) is 30.0 Å². The summed E-state index contributed by atoms with van der Waals surface area (Å²) in [7, 11) is 5.65. The summed E-state index contributed by atoms with van der Waals surface area (Å²) in [5, 5.41) is 3.68. The number of likely N-dealkylation sites (N-methyl/N-ethyl adjacent to an activating group) is 1. The van der Waals surface area contributed by atoms with Gasteiger partial charge in [0.05, 0.1) is 12.3 Å². The van der Waals surface area contributed by atoms with E-state index in [0.29, 0.717) is 36.4 Å². The van der Waals surface area contributed by atoms with Gasteiger partial charge < -0.3 is 29.3 Å². The molecule has 1 fully saturated rings. The van der Waals surface area contributed by atoms with Crippen molar-refractivity contribution in [3.8, 4) is 11.5 Å². The Labute approximate surface area is 246 Å². The van der Waals surface area contributed by atoms with Crippen LogP contribution in [0.1, 0.15) is 27.2 Å². The fourth-order valence-electron chi connectivity index (χ4n) is 4.79. The predicted molar refractivity (Wildman–Crippen MR) is 160 cm³/mol. The summed E-state index contributed by atoms with van der Waals surface area (Å²) in [6.45, 7) is 6.63. The lowest BCUT2D eigenvalue weighted by molar-refractivity contribution is 0.0951. The highest BCUT2D eigenvalue weighted by atomic mass is 32.2. The van der Waals surface area contributed by atoms with Crippen LogP contribution < -0.4 is 19.7 Å². The number of anilines is 1. The van der Waals surface area contributed by atoms with E-state index in [1.807, 2.05) is 55.4 Å². The average Bonchev–Trinajstić information content (AvgIpc) is 3.45. The molecule has 1 amide bonds. The quantitative estimate of drug-likeness (QED) is 0.255. The van der Waals surface area contributed by atoms with Crippen LogP contribution in [0.3, 0.4) is 0 Å². The van der Waals surface area contributed by atoms with Gasteiger partial charge in [0, 0.05) is 70.3 Å². The number of piperazine rings is 1. The average molecular weight is 579 g/mol. The van der Waals surface area contributed by atoms with Crippen molar-refractivity contribution in [1.82, 2.24) is 25.1 Å². The zero-order valence-electron chi connectivity index (χ0n) is 24.0. The Balaban J connectivity index is 1.18. The molecule has 2 aliphatic rings. The minimum Gasteiger partial charge on any atom is -0.454 e. The van der Waals surface area contributed by atoms with Crippen LogP contribution in [0.5, 0.6) is 11.5 Å². The van der Waals surface area contributed by atoms with Crippen molar-refractivity contribution in [3.63, 3.8) is 0 Å². The Bertz CT molecular complexity index is 1330. The lowest BCUT2D eigenvalue weighted by Gasteiger charge is -2.35. The molecule has 0 aliphatic carbocycles. The maximum atomic E-state index is 12.6. The van der Waals surface area contributed by atoms with E-state index in [1.165, 1.54) is 5.56 Å². The number of amides is 1. The Hall–Kier alpha value is -3.38. The molecule has 2 aliphatic heterocycles. The Kier molecular flexibility index (Phi) is 9.94. The van der Waals surface area contributed by atoms with Crippen molar-refractivity contribution in [3.05, 3.63) is 70.9 Å². The summed E-state index contributed by atoms with van der Waals surface area (Å²) in [4.78, 5) is 29.0. The molecule has 0 spiro atoms. The van der Waals surface area contributed by atoms with Crippen molar-refractivity contribution in [2.24, 2.45) is 0 Å². The van der Waals surface area contributed by atoms with Gasteiger partial charge in [0.15, 0.2) is 16.7 Å². The van der Waals surface area contributed by atoms with Gasteiger partial charge in [-0.2, -0.15) is 0 Å². The highest BCUT2D eigenvalue weighted by Gasteiger charge is 2.21.